The minimum Gasteiger partial charge on any atom is -0.496 e. The van der Waals surface area contributed by atoms with Crippen molar-refractivity contribution in [2.45, 2.75) is 26.4 Å². The van der Waals surface area contributed by atoms with Crippen molar-refractivity contribution in [1.82, 2.24) is 0 Å². The number of aryl methyl sites for hydroxylation is 1. The van der Waals surface area contributed by atoms with E-state index < -0.39 is 6.10 Å². The largest absolute Gasteiger partial charge is 0.496 e. The topological polar surface area (TPSA) is 55.5 Å². The van der Waals surface area contributed by atoms with Crippen LogP contribution in [0.3, 0.4) is 0 Å². The molecular weight excluding hydrogens is 270 g/mol. The molecule has 3 nitrogen and oxygen atoms in total. The Labute approximate surface area is 105 Å². The van der Waals surface area contributed by atoms with E-state index in [1.54, 1.807) is 7.11 Å². The van der Waals surface area contributed by atoms with E-state index in [-0.39, 0.29) is 0 Å². The molecule has 0 bridgehead atoms. The SMILES string of the molecule is COc1c(C)cc(Br)c(C)c1C(O)CCN. The van der Waals surface area contributed by atoms with Crippen molar-refractivity contribution in [2.24, 2.45) is 5.73 Å². The minimum absolute atomic E-state index is 0.454. The summed E-state index contributed by atoms with van der Waals surface area (Å²) in [4.78, 5) is 0. The molecule has 90 valence electrons. The Bertz CT molecular complexity index is 380. The monoisotopic (exact) mass is 287 g/mol. The maximum Gasteiger partial charge on any atom is 0.127 e. The zero-order valence-corrected chi connectivity index (χ0v) is 11.5. The van der Waals surface area contributed by atoms with Crippen LogP contribution in [0, 0.1) is 13.8 Å². The molecule has 16 heavy (non-hydrogen) atoms. The summed E-state index contributed by atoms with van der Waals surface area (Å²) < 4.78 is 6.34. The molecule has 1 unspecified atom stereocenters. The highest BCUT2D eigenvalue weighted by Gasteiger charge is 2.19. The van der Waals surface area contributed by atoms with Crippen LogP contribution in [0.25, 0.3) is 0 Å². The van der Waals surface area contributed by atoms with Gasteiger partial charge in [-0.25, -0.2) is 0 Å². The number of methoxy groups -OCH3 is 1. The Morgan fingerprint density at radius 2 is 2.12 bits per heavy atom. The van der Waals surface area contributed by atoms with E-state index in [0.717, 1.165) is 26.9 Å². The normalized spacial score (nSPS) is 12.6. The van der Waals surface area contributed by atoms with Crippen molar-refractivity contribution < 1.29 is 9.84 Å². The fourth-order valence-corrected chi connectivity index (χ4v) is 2.41. The summed E-state index contributed by atoms with van der Waals surface area (Å²) in [6, 6.07) is 1.99. The second-order valence-corrected chi connectivity index (χ2v) is 4.69. The summed E-state index contributed by atoms with van der Waals surface area (Å²) in [5.41, 5.74) is 8.31. The molecule has 4 heteroatoms. The first-order valence-electron chi connectivity index (χ1n) is 5.24. The summed E-state index contributed by atoms with van der Waals surface area (Å²) >= 11 is 3.48. The molecule has 0 saturated carbocycles. The minimum atomic E-state index is -0.573. The number of halogens is 1. The smallest absolute Gasteiger partial charge is 0.127 e. The van der Waals surface area contributed by atoms with E-state index >= 15 is 0 Å². The maximum atomic E-state index is 10.1. The molecule has 1 aromatic carbocycles. The number of aliphatic hydroxyl groups is 1. The highest BCUT2D eigenvalue weighted by atomic mass is 79.9. The van der Waals surface area contributed by atoms with Crippen molar-refractivity contribution in [3.8, 4) is 5.75 Å². The molecule has 1 aromatic rings. The van der Waals surface area contributed by atoms with Crippen molar-refractivity contribution in [3.63, 3.8) is 0 Å². The number of ether oxygens (including phenoxy) is 1. The highest BCUT2D eigenvalue weighted by molar-refractivity contribution is 9.10. The molecule has 1 atom stereocenters. The van der Waals surface area contributed by atoms with Gasteiger partial charge in [-0.1, -0.05) is 15.9 Å². The van der Waals surface area contributed by atoms with Gasteiger partial charge >= 0.3 is 0 Å². The third kappa shape index (κ3) is 2.56. The predicted octanol–water partition coefficient (Wildman–Crippen LogP) is 2.46. The molecular formula is C12H18BrNO2. The zero-order chi connectivity index (χ0) is 12.3. The number of benzene rings is 1. The third-order valence-corrected chi connectivity index (χ3v) is 3.51. The molecule has 0 aliphatic heterocycles. The summed E-state index contributed by atoms with van der Waals surface area (Å²) in [7, 11) is 1.62. The van der Waals surface area contributed by atoms with Gasteiger partial charge < -0.3 is 15.6 Å². The Morgan fingerprint density at radius 3 is 2.62 bits per heavy atom. The molecule has 0 aliphatic carbocycles. The predicted molar refractivity (Wildman–Crippen MR) is 68.8 cm³/mol. The Kier molecular flexibility index (Phi) is 4.77. The molecule has 0 spiro atoms. The summed E-state index contributed by atoms with van der Waals surface area (Å²) in [5, 5.41) is 10.1. The summed E-state index contributed by atoms with van der Waals surface area (Å²) in [5.74, 6) is 0.752. The van der Waals surface area contributed by atoms with Gasteiger partial charge in [0.25, 0.3) is 0 Å². The number of nitrogens with two attached hydrogens (primary N) is 1. The van der Waals surface area contributed by atoms with Crippen molar-refractivity contribution in [3.05, 3.63) is 27.2 Å². The van der Waals surface area contributed by atoms with Crippen LogP contribution in [0.1, 0.15) is 29.2 Å². The van der Waals surface area contributed by atoms with Gasteiger partial charge in [-0.3, -0.25) is 0 Å². The molecule has 1 rings (SSSR count). The van der Waals surface area contributed by atoms with Crippen molar-refractivity contribution >= 4 is 15.9 Å². The molecule has 0 heterocycles. The van der Waals surface area contributed by atoms with Crippen LogP contribution in [0.2, 0.25) is 0 Å². The molecule has 0 fully saturated rings. The lowest BCUT2D eigenvalue weighted by Gasteiger charge is -2.20. The number of aliphatic hydroxyl groups excluding tert-OH is 1. The van der Waals surface area contributed by atoms with E-state index in [1.807, 2.05) is 19.9 Å². The highest BCUT2D eigenvalue weighted by Crippen LogP contribution is 2.37. The zero-order valence-electron chi connectivity index (χ0n) is 9.88. The third-order valence-electron chi connectivity index (χ3n) is 2.69. The Morgan fingerprint density at radius 1 is 1.50 bits per heavy atom. The van der Waals surface area contributed by atoms with E-state index in [0.29, 0.717) is 13.0 Å². The second-order valence-electron chi connectivity index (χ2n) is 3.84. The van der Waals surface area contributed by atoms with Gasteiger partial charge in [0.05, 0.1) is 13.2 Å². The van der Waals surface area contributed by atoms with Gasteiger partial charge in [0.2, 0.25) is 0 Å². The van der Waals surface area contributed by atoms with Crippen LogP contribution in [0.15, 0.2) is 10.5 Å². The quantitative estimate of drug-likeness (QED) is 0.894. The fourth-order valence-electron chi connectivity index (χ4n) is 1.85. The number of hydrogen-bond acceptors (Lipinski definition) is 3. The standard InChI is InChI=1S/C12H18BrNO2/c1-7-6-9(13)8(2)11(12(7)16-3)10(15)4-5-14/h6,10,15H,4-5,14H2,1-3H3. The van der Waals surface area contributed by atoms with Crippen LogP contribution < -0.4 is 10.5 Å². The van der Waals surface area contributed by atoms with Gasteiger partial charge in [-0.15, -0.1) is 0 Å². The van der Waals surface area contributed by atoms with E-state index in [4.69, 9.17) is 10.5 Å². The van der Waals surface area contributed by atoms with Crippen LogP contribution in [-0.4, -0.2) is 18.8 Å². The first kappa shape index (κ1) is 13.5. The molecule has 0 saturated heterocycles. The van der Waals surface area contributed by atoms with Gasteiger partial charge in [0.15, 0.2) is 0 Å². The first-order valence-corrected chi connectivity index (χ1v) is 6.04. The van der Waals surface area contributed by atoms with Crippen LogP contribution in [0.5, 0.6) is 5.75 Å². The molecule has 0 radical (unpaired) electrons. The Balaban J connectivity index is 3.32. The Hall–Kier alpha value is -0.580. The lowest BCUT2D eigenvalue weighted by Crippen LogP contribution is -2.10. The van der Waals surface area contributed by atoms with Crippen molar-refractivity contribution in [1.29, 1.82) is 0 Å². The lowest BCUT2D eigenvalue weighted by molar-refractivity contribution is 0.165. The van der Waals surface area contributed by atoms with Gasteiger partial charge in [-0.2, -0.15) is 0 Å². The average Bonchev–Trinajstić information content (AvgIpc) is 2.23. The van der Waals surface area contributed by atoms with Gasteiger partial charge in [0, 0.05) is 10.0 Å². The van der Waals surface area contributed by atoms with E-state index in [1.165, 1.54) is 0 Å². The van der Waals surface area contributed by atoms with Crippen molar-refractivity contribution in [2.75, 3.05) is 13.7 Å². The molecule has 0 aliphatic rings. The van der Waals surface area contributed by atoms with Gasteiger partial charge in [0.1, 0.15) is 5.75 Å². The fraction of sp³-hybridized carbons (Fsp3) is 0.500. The van der Waals surface area contributed by atoms with E-state index in [9.17, 15) is 5.11 Å². The average molecular weight is 288 g/mol. The number of rotatable bonds is 4. The van der Waals surface area contributed by atoms with Crippen LogP contribution >= 0.6 is 15.9 Å². The molecule has 3 N–H and O–H groups in total. The molecule has 0 aromatic heterocycles. The van der Waals surface area contributed by atoms with Gasteiger partial charge in [-0.05, 0) is 44.0 Å². The lowest BCUT2D eigenvalue weighted by atomic mass is 9.97. The van der Waals surface area contributed by atoms with Crippen LogP contribution in [0.4, 0.5) is 0 Å². The summed E-state index contributed by atoms with van der Waals surface area (Å²) in [6.07, 6.45) is -0.0382. The van der Waals surface area contributed by atoms with Crippen LogP contribution in [-0.2, 0) is 0 Å². The maximum absolute atomic E-state index is 10.1. The first-order chi connectivity index (χ1) is 7.52. The second kappa shape index (κ2) is 5.66. The summed E-state index contributed by atoms with van der Waals surface area (Å²) in [6.45, 7) is 4.37. The molecule has 0 amide bonds. The number of hydrogen-bond donors (Lipinski definition) is 2. The van der Waals surface area contributed by atoms with E-state index in [2.05, 4.69) is 15.9 Å².